The van der Waals surface area contributed by atoms with Crippen molar-refractivity contribution in [1.29, 1.82) is 0 Å². The molecule has 1 atom stereocenters. The molecule has 2 heterocycles. The molecule has 0 spiro atoms. The van der Waals surface area contributed by atoms with E-state index in [4.69, 9.17) is 23.7 Å². The van der Waals surface area contributed by atoms with Gasteiger partial charge in [-0.05, 0) is 49.2 Å². The molecular formula is C33H31N3O9S. The molecule has 5 rings (SSSR count). The number of hydrogen-bond acceptors (Lipinski definition) is 11. The molecule has 0 amide bonds. The molecule has 1 aromatic heterocycles. The summed E-state index contributed by atoms with van der Waals surface area (Å²) >= 11 is 1.03. The van der Waals surface area contributed by atoms with Crippen LogP contribution in [0.4, 0.5) is 5.69 Å². The first-order chi connectivity index (χ1) is 22.3. The first kappa shape index (κ1) is 32.0. The third-order valence-corrected chi connectivity index (χ3v) is 8.04. The fourth-order valence-corrected chi connectivity index (χ4v) is 5.94. The molecule has 13 heteroatoms. The summed E-state index contributed by atoms with van der Waals surface area (Å²) in [6, 6.07) is 16.3. The monoisotopic (exact) mass is 645 g/mol. The number of nitrogens with zero attached hydrogens (tertiary/aromatic N) is 3. The first-order valence-corrected chi connectivity index (χ1v) is 15.1. The Morgan fingerprint density at radius 2 is 1.70 bits per heavy atom. The number of ether oxygens (including phenoxy) is 5. The number of nitro groups is 1. The molecule has 3 aromatic carbocycles. The number of rotatable bonds is 12. The van der Waals surface area contributed by atoms with Crippen LogP contribution in [0, 0.1) is 10.1 Å². The molecule has 0 radical (unpaired) electrons. The average molecular weight is 646 g/mol. The van der Waals surface area contributed by atoms with Gasteiger partial charge < -0.3 is 23.7 Å². The Morgan fingerprint density at radius 1 is 0.978 bits per heavy atom. The van der Waals surface area contributed by atoms with Crippen molar-refractivity contribution in [3.05, 3.63) is 119 Å². The molecule has 46 heavy (non-hydrogen) atoms. The summed E-state index contributed by atoms with van der Waals surface area (Å²) < 4.78 is 29.4. The van der Waals surface area contributed by atoms with Crippen LogP contribution in [-0.4, -0.2) is 42.9 Å². The van der Waals surface area contributed by atoms with Crippen LogP contribution in [0.15, 0.2) is 82.2 Å². The van der Waals surface area contributed by atoms with Crippen LogP contribution in [0.2, 0.25) is 0 Å². The summed E-state index contributed by atoms with van der Waals surface area (Å²) in [5, 5.41) is 12.2. The molecule has 0 bridgehead atoms. The minimum atomic E-state index is -0.918. The maximum Gasteiger partial charge on any atom is 0.337 e. The lowest BCUT2D eigenvalue weighted by atomic mass is 9.97. The van der Waals surface area contributed by atoms with Gasteiger partial charge in [0.05, 0.1) is 60.1 Å². The second kappa shape index (κ2) is 14.1. The summed E-state index contributed by atoms with van der Waals surface area (Å²) in [4.78, 5) is 43.2. The third-order valence-electron chi connectivity index (χ3n) is 7.04. The lowest BCUT2D eigenvalue weighted by Gasteiger charge is -2.23. The van der Waals surface area contributed by atoms with E-state index in [0.29, 0.717) is 30.3 Å². The van der Waals surface area contributed by atoms with E-state index in [1.165, 1.54) is 43.2 Å². The smallest absolute Gasteiger partial charge is 0.337 e. The van der Waals surface area contributed by atoms with Gasteiger partial charge in [0, 0.05) is 6.20 Å². The van der Waals surface area contributed by atoms with Gasteiger partial charge in [0.1, 0.15) is 6.61 Å². The number of thiazole rings is 1. The van der Waals surface area contributed by atoms with Crippen molar-refractivity contribution in [2.75, 3.05) is 27.4 Å². The van der Waals surface area contributed by atoms with Gasteiger partial charge in [0.2, 0.25) is 0 Å². The van der Waals surface area contributed by atoms with E-state index in [2.05, 4.69) is 4.99 Å². The van der Waals surface area contributed by atoms with Gasteiger partial charge in [-0.1, -0.05) is 47.7 Å². The molecule has 0 unspecified atom stereocenters. The number of benzene rings is 3. The van der Waals surface area contributed by atoms with Gasteiger partial charge in [-0.15, -0.1) is 0 Å². The summed E-state index contributed by atoms with van der Waals surface area (Å²) in [5.74, 6) is 0.731. The molecule has 0 aliphatic carbocycles. The van der Waals surface area contributed by atoms with Crippen molar-refractivity contribution in [3.63, 3.8) is 0 Å². The van der Waals surface area contributed by atoms with Crippen molar-refractivity contribution in [2.45, 2.75) is 26.5 Å². The van der Waals surface area contributed by atoms with Gasteiger partial charge in [0.25, 0.3) is 11.2 Å². The molecule has 1 aliphatic heterocycles. The fourth-order valence-electron chi connectivity index (χ4n) is 4.97. The van der Waals surface area contributed by atoms with Crippen LogP contribution < -0.4 is 33.8 Å². The van der Waals surface area contributed by atoms with E-state index in [0.717, 1.165) is 16.9 Å². The van der Waals surface area contributed by atoms with E-state index in [1.807, 2.05) is 44.2 Å². The average Bonchev–Trinajstić information content (AvgIpc) is 3.38. The van der Waals surface area contributed by atoms with Gasteiger partial charge in [0.15, 0.2) is 27.8 Å². The zero-order valence-corrected chi connectivity index (χ0v) is 26.4. The number of methoxy groups -OCH3 is 2. The maximum absolute atomic E-state index is 14.0. The predicted molar refractivity (Wildman–Crippen MR) is 170 cm³/mol. The Balaban J connectivity index is 1.63. The van der Waals surface area contributed by atoms with E-state index >= 15 is 0 Å². The van der Waals surface area contributed by atoms with Crippen LogP contribution >= 0.6 is 11.3 Å². The zero-order chi connectivity index (χ0) is 32.8. The standard InChI is InChI=1S/C33H31N3O9S/c1-5-43-25-13-12-21(14-27(25)44-6-2)30-23(32(38)42-4)18-34-33-35(30)31(37)29(46-33)16-22-15-26(41-3)28(17-24(22)36(39)40)45-19-20-10-8-7-9-11-20/h7-18,30H,5-6,19H2,1-4H3/b29-16-/t30-/m0/s1. The van der Waals surface area contributed by atoms with Crippen LogP contribution in [0.5, 0.6) is 23.0 Å². The Labute approximate surface area is 267 Å². The number of hydrogen-bond donors (Lipinski definition) is 0. The number of aromatic nitrogens is 1. The van der Waals surface area contributed by atoms with Crippen molar-refractivity contribution in [3.8, 4) is 23.0 Å². The maximum atomic E-state index is 14.0. The Bertz CT molecular complexity index is 1980. The summed E-state index contributed by atoms with van der Waals surface area (Å²) in [6.07, 6.45) is 2.78. The number of carbonyl (C=O) groups is 1. The molecule has 238 valence electrons. The SMILES string of the molecule is CCOc1ccc([C@H]2C(C(=O)OC)=CN=c3s/c(=C\c4cc(OC)c(OCc5ccccc5)cc4[N+](=O)[O-])c(=O)n32)cc1OCC. The number of fused-ring (bicyclic) bond motifs is 1. The lowest BCUT2D eigenvalue weighted by molar-refractivity contribution is -0.385. The van der Waals surface area contributed by atoms with Crippen molar-refractivity contribution >= 4 is 29.1 Å². The quantitative estimate of drug-likeness (QED) is 0.125. The largest absolute Gasteiger partial charge is 0.493 e. The number of esters is 1. The molecular weight excluding hydrogens is 614 g/mol. The molecule has 0 saturated heterocycles. The molecule has 0 N–H and O–H groups in total. The van der Waals surface area contributed by atoms with Crippen LogP contribution in [-0.2, 0) is 16.1 Å². The fraction of sp³-hybridized carbons (Fsp3) is 0.242. The Kier molecular flexibility index (Phi) is 9.82. The Morgan fingerprint density at radius 3 is 2.37 bits per heavy atom. The highest BCUT2D eigenvalue weighted by molar-refractivity contribution is 7.07. The highest BCUT2D eigenvalue weighted by atomic mass is 32.1. The normalized spacial score (nSPS) is 14.0. The third kappa shape index (κ3) is 6.49. The second-order valence-electron chi connectivity index (χ2n) is 9.84. The molecule has 1 aliphatic rings. The topological polar surface area (TPSA) is 141 Å². The predicted octanol–water partition coefficient (Wildman–Crippen LogP) is 4.31. The van der Waals surface area contributed by atoms with Crippen molar-refractivity contribution < 1.29 is 33.4 Å². The van der Waals surface area contributed by atoms with Crippen molar-refractivity contribution in [2.24, 2.45) is 4.99 Å². The second-order valence-corrected chi connectivity index (χ2v) is 10.9. The number of nitro benzene ring substituents is 1. The molecule has 0 saturated carbocycles. The van der Waals surface area contributed by atoms with E-state index < -0.39 is 22.5 Å². The van der Waals surface area contributed by atoms with E-state index in [-0.39, 0.29) is 44.3 Å². The van der Waals surface area contributed by atoms with Crippen molar-refractivity contribution in [1.82, 2.24) is 4.57 Å². The summed E-state index contributed by atoms with van der Waals surface area (Å²) in [7, 11) is 2.67. The minimum absolute atomic E-state index is 0.126. The summed E-state index contributed by atoms with van der Waals surface area (Å²) in [5.41, 5.74) is 0.892. The zero-order valence-electron chi connectivity index (χ0n) is 25.6. The van der Waals surface area contributed by atoms with E-state index in [9.17, 15) is 19.7 Å². The van der Waals surface area contributed by atoms with Gasteiger partial charge in [-0.3, -0.25) is 19.5 Å². The molecule has 12 nitrogen and oxygen atoms in total. The molecule has 0 fully saturated rings. The lowest BCUT2D eigenvalue weighted by Crippen LogP contribution is -2.39. The number of carbonyl (C=O) groups excluding carboxylic acids is 1. The Hall–Kier alpha value is -5.43. The highest BCUT2D eigenvalue weighted by Gasteiger charge is 2.32. The molecule has 4 aromatic rings. The van der Waals surface area contributed by atoms with Crippen LogP contribution in [0.1, 0.15) is 36.6 Å². The highest BCUT2D eigenvalue weighted by Crippen LogP contribution is 2.37. The first-order valence-electron chi connectivity index (χ1n) is 14.3. The minimum Gasteiger partial charge on any atom is -0.493 e. The van der Waals surface area contributed by atoms with Crippen LogP contribution in [0.25, 0.3) is 6.08 Å². The van der Waals surface area contributed by atoms with Gasteiger partial charge >= 0.3 is 5.97 Å². The van der Waals surface area contributed by atoms with E-state index in [1.54, 1.807) is 18.2 Å². The van der Waals surface area contributed by atoms with Gasteiger partial charge in [-0.25, -0.2) is 9.79 Å². The van der Waals surface area contributed by atoms with Gasteiger partial charge in [-0.2, -0.15) is 0 Å². The van der Waals surface area contributed by atoms with Crippen LogP contribution in [0.3, 0.4) is 0 Å². The summed E-state index contributed by atoms with van der Waals surface area (Å²) in [6.45, 7) is 4.64.